The van der Waals surface area contributed by atoms with Crippen molar-refractivity contribution in [3.63, 3.8) is 0 Å². The van der Waals surface area contributed by atoms with E-state index in [2.05, 4.69) is 5.32 Å². The van der Waals surface area contributed by atoms with Crippen LogP contribution in [0.4, 0.5) is 17.1 Å². The first-order chi connectivity index (χ1) is 14.1. The Morgan fingerprint density at radius 1 is 1.03 bits per heavy atom. The molecule has 0 aliphatic rings. The number of amides is 1. The van der Waals surface area contributed by atoms with Gasteiger partial charge in [-0.15, -0.1) is 0 Å². The number of aliphatic carboxylic acids is 1. The number of carbonyl (C=O) groups excluding carboxylic acids is 1. The number of rotatable bonds is 9. The Morgan fingerprint density at radius 3 is 1.77 bits per heavy atom. The van der Waals surface area contributed by atoms with Gasteiger partial charge in [0.1, 0.15) is 6.04 Å². The number of hydrogen-bond donors (Lipinski definition) is 3. The van der Waals surface area contributed by atoms with E-state index in [4.69, 9.17) is 10.2 Å². The maximum atomic E-state index is 11.9. The number of quaternary nitrogens is 1. The van der Waals surface area contributed by atoms with Crippen molar-refractivity contribution in [3.05, 3.63) is 42.5 Å². The number of nitro benzene ring substituents is 3. The zero-order chi connectivity index (χ0) is 24.5. The third-order valence-corrected chi connectivity index (χ3v) is 3.64. The summed E-state index contributed by atoms with van der Waals surface area (Å²) >= 11 is 0. The number of nitrogens with zero attached hydrogens (tertiary/aromatic N) is 4. The monoisotopic (exact) mass is 446 g/mol. The molecule has 0 unspecified atom stereocenters. The number of phenols is 1. The van der Waals surface area contributed by atoms with Crippen LogP contribution in [0, 0.1) is 30.3 Å². The van der Waals surface area contributed by atoms with Crippen LogP contribution < -0.4 is 5.32 Å². The molecule has 1 atom stereocenters. The van der Waals surface area contributed by atoms with Crippen molar-refractivity contribution in [1.82, 2.24) is 5.32 Å². The Morgan fingerprint density at radius 2 is 1.48 bits per heavy atom. The molecular weight excluding hydrogens is 422 g/mol. The summed E-state index contributed by atoms with van der Waals surface area (Å²) in [7, 11) is 5.22. The molecule has 0 saturated heterocycles. The molecule has 0 saturated carbocycles. The molecule has 15 heteroatoms. The van der Waals surface area contributed by atoms with Gasteiger partial charge in [-0.05, 0) is 13.0 Å². The molecule has 1 rings (SSSR count). The number of nitrogens with one attached hydrogen (secondary N) is 1. The lowest BCUT2D eigenvalue weighted by Crippen LogP contribution is -2.53. The molecule has 0 aromatic heterocycles. The SMILES string of the molecule is CCCN[C@H](CC(=O)O)C(=O)[N+](C)(C)C.O=[N+]([O-])c1cc([N+](=O)[O-])c(O)c([N+](=O)[O-])c1. The minimum absolute atomic E-state index is 0.106. The Labute approximate surface area is 175 Å². The highest BCUT2D eigenvalue weighted by molar-refractivity contribution is 5.81. The van der Waals surface area contributed by atoms with Gasteiger partial charge in [0.2, 0.25) is 0 Å². The molecule has 0 bridgehead atoms. The summed E-state index contributed by atoms with van der Waals surface area (Å²) in [4.78, 5) is 50.2. The van der Waals surface area contributed by atoms with Gasteiger partial charge in [-0.25, -0.2) is 4.79 Å². The van der Waals surface area contributed by atoms with Crippen molar-refractivity contribution < 1.29 is 39.1 Å². The first kappa shape index (κ1) is 27.3. The summed E-state index contributed by atoms with van der Waals surface area (Å²) in [6.45, 7) is 2.63. The molecular formula is C16H24N5O10+. The van der Waals surface area contributed by atoms with Crippen molar-refractivity contribution in [1.29, 1.82) is 0 Å². The molecule has 0 fully saturated rings. The molecule has 1 amide bonds. The van der Waals surface area contributed by atoms with Crippen molar-refractivity contribution >= 4 is 28.9 Å². The van der Waals surface area contributed by atoms with Gasteiger partial charge in [0.15, 0.2) is 0 Å². The Kier molecular flexibility index (Phi) is 10.1. The number of carboxylic acids is 1. The molecule has 0 aliphatic carbocycles. The smallest absolute Gasteiger partial charge is 0.330 e. The molecule has 0 aliphatic heterocycles. The molecule has 172 valence electrons. The lowest BCUT2D eigenvalue weighted by molar-refractivity contribution is -0.793. The number of hydrogen-bond acceptors (Lipinski definition) is 10. The first-order valence-electron chi connectivity index (χ1n) is 8.74. The van der Waals surface area contributed by atoms with Crippen LogP contribution in [0.3, 0.4) is 0 Å². The standard InChI is InChI=1S/C10H20N2O3.C6H3N3O7/c1-5-6-11-8(7-9(13)14)10(15)12(2,3)4;10-6-4(8(13)14)1-3(7(11)12)2-5(6)9(15)16/h8,11H,5-7H2,1-4H3;1-2,10H/p+1/t8-;/m1./s1. The van der Waals surface area contributed by atoms with E-state index in [0.717, 1.165) is 6.42 Å². The van der Waals surface area contributed by atoms with Crippen LogP contribution in [0.25, 0.3) is 0 Å². The molecule has 1 aromatic rings. The van der Waals surface area contributed by atoms with Gasteiger partial charge < -0.3 is 15.5 Å². The van der Waals surface area contributed by atoms with Crippen LogP contribution in [0.2, 0.25) is 0 Å². The molecule has 15 nitrogen and oxygen atoms in total. The number of carbonyl (C=O) groups is 2. The topological polar surface area (TPSA) is 216 Å². The largest absolute Gasteiger partial charge is 0.497 e. The van der Waals surface area contributed by atoms with Crippen molar-refractivity contribution in [2.24, 2.45) is 0 Å². The summed E-state index contributed by atoms with van der Waals surface area (Å²) in [6.07, 6.45) is 0.717. The summed E-state index contributed by atoms with van der Waals surface area (Å²) in [5, 5.41) is 51.9. The van der Waals surface area contributed by atoms with Gasteiger partial charge in [-0.1, -0.05) is 6.92 Å². The molecule has 0 spiro atoms. The number of likely N-dealkylation sites (N-methyl/N-ethyl adjacent to an activating group) is 1. The van der Waals surface area contributed by atoms with E-state index in [9.17, 15) is 39.9 Å². The van der Waals surface area contributed by atoms with Gasteiger partial charge in [0.05, 0.1) is 54.5 Å². The maximum absolute atomic E-state index is 11.9. The van der Waals surface area contributed by atoms with Gasteiger partial charge in [0, 0.05) is 0 Å². The predicted octanol–water partition coefficient (Wildman–Crippen LogP) is 1.18. The van der Waals surface area contributed by atoms with Crippen molar-refractivity contribution in [2.45, 2.75) is 25.8 Å². The number of aromatic hydroxyl groups is 1. The quantitative estimate of drug-likeness (QED) is 0.278. The zero-order valence-electron chi connectivity index (χ0n) is 17.3. The van der Waals surface area contributed by atoms with Gasteiger partial charge in [-0.3, -0.25) is 39.6 Å². The first-order valence-corrected chi connectivity index (χ1v) is 8.74. The number of carboxylic acid groups (broad SMARTS) is 1. The molecule has 1 aromatic carbocycles. The average molecular weight is 446 g/mol. The van der Waals surface area contributed by atoms with Crippen molar-refractivity contribution in [3.8, 4) is 5.75 Å². The third kappa shape index (κ3) is 8.67. The van der Waals surface area contributed by atoms with E-state index in [0.29, 0.717) is 18.7 Å². The Balaban J connectivity index is 0.000000582. The van der Waals surface area contributed by atoms with Crippen LogP contribution >= 0.6 is 0 Å². The van der Waals surface area contributed by atoms with E-state index in [1.54, 1.807) is 21.1 Å². The van der Waals surface area contributed by atoms with Gasteiger partial charge >= 0.3 is 23.3 Å². The summed E-state index contributed by atoms with van der Waals surface area (Å²) in [6, 6.07) is 0.299. The maximum Gasteiger partial charge on any atom is 0.330 e. The second kappa shape index (κ2) is 11.5. The zero-order valence-corrected chi connectivity index (χ0v) is 17.3. The third-order valence-electron chi connectivity index (χ3n) is 3.64. The minimum Gasteiger partial charge on any atom is -0.497 e. The highest BCUT2D eigenvalue weighted by Crippen LogP contribution is 2.38. The summed E-state index contributed by atoms with van der Waals surface area (Å²) in [5.74, 6) is -2.27. The number of benzene rings is 1. The van der Waals surface area contributed by atoms with E-state index in [-0.39, 0.29) is 16.8 Å². The van der Waals surface area contributed by atoms with Gasteiger partial charge in [-0.2, -0.15) is 0 Å². The van der Waals surface area contributed by atoms with Crippen molar-refractivity contribution in [2.75, 3.05) is 27.7 Å². The lowest BCUT2D eigenvalue weighted by atomic mass is 10.1. The Hall–Kier alpha value is -3.72. The number of nitro groups is 3. The lowest BCUT2D eigenvalue weighted by Gasteiger charge is -2.26. The minimum atomic E-state index is -1.21. The van der Waals surface area contributed by atoms with Crippen LogP contribution in [0.1, 0.15) is 19.8 Å². The van der Waals surface area contributed by atoms with E-state index < -0.39 is 49.6 Å². The number of phenolic OH excluding ortho intramolecular Hbond substituents is 1. The van der Waals surface area contributed by atoms with Gasteiger partial charge in [0.25, 0.3) is 11.4 Å². The van der Waals surface area contributed by atoms with Crippen LogP contribution in [-0.2, 0) is 9.59 Å². The molecule has 0 heterocycles. The normalized spacial score (nSPS) is 11.6. The van der Waals surface area contributed by atoms with E-state index in [1.807, 2.05) is 6.92 Å². The second-order valence-electron chi connectivity index (χ2n) is 7.06. The van der Waals surface area contributed by atoms with Crippen LogP contribution in [-0.4, -0.2) is 75.1 Å². The van der Waals surface area contributed by atoms with Crippen LogP contribution in [0.5, 0.6) is 5.75 Å². The van der Waals surface area contributed by atoms with E-state index >= 15 is 0 Å². The predicted molar refractivity (Wildman–Crippen MR) is 105 cm³/mol. The fourth-order valence-electron chi connectivity index (χ4n) is 2.18. The van der Waals surface area contributed by atoms with Crippen LogP contribution in [0.15, 0.2) is 12.1 Å². The summed E-state index contributed by atoms with van der Waals surface area (Å²) < 4.78 is 0.134. The second-order valence-corrected chi connectivity index (χ2v) is 7.06. The fraction of sp³-hybridized carbons (Fsp3) is 0.500. The molecule has 0 radical (unpaired) electrons. The Bertz CT molecular complexity index is 830. The number of non-ortho nitro benzene ring substituents is 1. The fourth-order valence-corrected chi connectivity index (χ4v) is 2.18. The molecule has 3 N–H and O–H groups in total. The highest BCUT2D eigenvalue weighted by Gasteiger charge is 2.32. The highest BCUT2D eigenvalue weighted by atomic mass is 16.6. The molecule has 31 heavy (non-hydrogen) atoms. The van der Waals surface area contributed by atoms with E-state index in [1.165, 1.54) is 0 Å². The summed E-state index contributed by atoms with van der Waals surface area (Å²) in [5.41, 5.74) is -3.00. The average Bonchev–Trinajstić information content (AvgIpc) is 2.63.